The third-order valence-electron chi connectivity index (χ3n) is 3.54. The summed E-state index contributed by atoms with van der Waals surface area (Å²) in [5.74, 6) is 0.139. The second-order valence-electron chi connectivity index (χ2n) is 5.52. The van der Waals surface area contributed by atoms with Crippen molar-refractivity contribution in [1.29, 1.82) is 0 Å². The van der Waals surface area contributed by atoms with Gasteiger partial charge >= 0.3 is 5.97 Å². The monoisotopic (exact) mass is 326 g/mol. The van der Waals surface area contributed by atoms with Gasteiger partial charge in [0.15, 0.2) is 0 Å². The maximum Gasteiger partial charge on any atom is 0.341 e. The molecule has 0 aliphatic carbocycles. The van der Waals surface area contributed by atoms with Crippen LogP contribution in [0.15, 0.2) is 17.9 Å². The highest BCUT2D eigenvalue weighted by atomic mass is 19.3. The van der Waals surface area contributed by atoms with Crippen molar-refractivity contribution in [2.75, 3.05) is 6.61 Å². The first kappa shape index (κ1) is 19.2. The van der Waals surface area contributed by atoms with E-state index < -0.39 is 12.0 Å². The largest absolute Gasteiger partial charge is 0.462 e. The summed E-state index contributed by atoms with van der Waals surface area (Å²) in [6.07, 6.45) is 5.06. The summed E-state index contributed by atoms with van der Waals surface area (Å²) in [4.78, 5) is 20.4. The number of halogens is 2. The fourth-order valence-corrected chi connectivity index (χ4v) is 2.01. The summed E-state index contributed by atoms with van der Waals surface area (Å²) in [5, 5.41) is 0. The lowest BCUT2D eigenvalue weighted by molar-refractivity contribution is 0.0506. The van der Waals surface area contributed by atoms with Gasteiger partial charge in [-0.15, -0.1) is 0 Å². The van der Waals surface area contributed by atoms with Gasteiger partial charge in [0.1, 0.15) is 5.82 Å². The van der Waals surface area contributed by atoms with Crippen LogP contribution in [0.2, 0.25) is 0 Å². The van der Waals surface area contributed by atoms with E-state index in [0.29, 0.717) is 11.5 Å². The molecule has 4 nitrogen and oxygen atoms in total. The molecule has 0 atom stereocenters. The quantitative estimate of drug-likeness (QED) is 0.490. The zero-order valence-corrected chi connectivity index (χ0v) is 14.0. The summed E-state index contributed by atoms with van der Waals surface area (Å²) < 4.78 is 29.5. The smallest absolute Gasteiger partial charge is 0.341 e. The summed E-state index contributed by atoms with van der Waals surface area (Å²) >= 11 is 0. The zero-order chi connectivity index (χ0) is 17.2. The number of aryl methyl sites for hydroxylation is 2. The number of hydrogen-bond acceptors (Lipinski definition) is 4. The van der Waals surface area contributed by atoms with Gasteiger partial charge in [-0.25, -0.2) is 14.8 Å². The molecule has 0 radical (unpaired) electrons. The van der Waals surface area contributed by atoms with Crippen molar-refractivity contribution in [3.63, 3.8) is 0 Å². The average Bonchev–Trinajstić information content (AvgIpc) is 2.51. The molecule has 6 heteroatoms. The van der Waals surface area contributed by atoms with Crippen LogP contribution in [-0.4, -0.2) is 22.5 Å². The topological polar surface area (TPSA) is 52.1 Å². The number of nitrogens with zero attached hydrogens (tertiary/aromatic N) is 2. The lowest BCUT2D eigenvalue weighted by atomic mass is 10.1. The predicted octanol–water partition coefficient (Wildman–Crippen LogP) is 4.63. The minimum Gasteiger partial charge on any atom is -0.462 e. The molecule has 1 aromatic heterocycles. The van der Waals surface area contributed by atoms with Crippen LogP contribution in [0.3, 0.4) is 0 Å². The van der Waals surface area contributed by atoms with E-state index in [4.69, 9.17) is 4.74 Å². The number of carbonyl (C=O) groups excluding carboxylic acids is 1. The van der Waals surface area contributed by atoms with Crippen LogP contribution in [0, 0.1) is 6.92 Å². The first-order valence-corrected chi connectivity index (χ1v) is 7.96. The lowest BCUT2D eigenvalue weighted by Gasteiger charge is -2.08. The van der Waals surface area contributed by atoms with Gasteiger partial charge in [0.2, 0.25) is 0 Å². The fourth-order valence-electron chi connectivity index (χ4n) is 2.01. The average molecular weight is 326 g/mol. The van der Waals surface area contributed by atoms with Crippen LogP contribution in [0.1, 0.15) is 67.8 Å². The van der Waals surface area contributed by atoms with Crippen molar-refractivity contribution >= 4 is 5.97 Å². The Morgan fingerprint density at radius 1 is 1.26 bits per heavy atom. The van der Waals surface area contributed by atoms with Gasteiger partial charge in [0.05, 0.1) is 17.9 Å². The van der Waals surface area contributed by atoms with E-state index in [9.17, 15) is 13.6 Å². The van der Waals surface area contributed by atoms with Gasteiger partial charge < -0.3 is 4.74 Å². The SMILES string of the molecule is CCCCCCc1ncc(C(=O)OCCC(C)=C(F)F)c(C)n1. The number of carbonyl (C=O) groups is 1. The lowest BCUT2D eigenvalue weighted by Crippen LogP contribution is -2.11. The molecule has 0 saturated carbocycles. The molecule has 1 aromatic rings. The van der Waals surface area contributed by atoms with Crippen molar-refractivity contribution in [3.05, 3.63) is 34.9 Å². The standard InChI is InChI=1S/C17H24F2N2O2/c1-4-5-6-7-8-15-20-11-14(13(3)21-15)17(22)23-10-9-12(2)16(18)19/h11H,4-10H2,1-3H3. The van der Waals surface area contributed by atoms with Crippen LogP contribution in [0.4, 0.5) is 8.78 Å². The van der Waals surface area contributed by atoms with E-state index in [0.717, 1.165) is 19.3 Å². The maximum absolute atomic E-state index is 12.3. The molecule has 23 heavy (non-hydrogen) atoms. The molecule has 0 aliphatic rings. The minimum absolute atomic E-state index is 0.0174. The van der Waals surface area contributed by atoms with Gasteiger partial charge in [-0.1, -0.05) is 26.2 Å². The van der Waals surface area contributed by atoms with Crippen molar-refractivity contribution in [3.8, 4) is 0 Å². The number of aromatic nitrogens is 2. The van der Waals surface area contributed by atoms with Gasteiger partial charge in [-0.3, -0.25) is 0 Å². The Labute approximate surface area is 136 Å². The molecule has 0 saturated heterocycles. The number of hydrogen-bond donors (Lipinski definition) is 0. The Kier molecular flexibility index (Phi) is 8.37. The molecule has 0 aliphatic heterocycles. The van der Waals surface area contributed by atoms with E-state index in [1.165, 1.54) is 26.0 Å². The normalized spacial score (nSPS) is 10.5. The molecular weight excluding hydrogens is 302 g/mol. The van der Waals surface area contributed by atoms with E-state index in [1.807, 2.05) is 0 Å². The highest BCUT2D eigenvalue weighted by Crippen LogP contribution is 2.12. The second-order valence-corrected chi connectivity index (χ2v) is 5.52. The minimum atomic E-state index is -1.73. The first-order chi connectivity index (χ1) is 11.0. The predicted molar refractivity (Wildman–Crippen MR) is 84.4 cm³/mol. The van der Waals surface area contributed by atoms with E-state index in [-0.39, 0.29) is 24.2 Å². The molecule has 0 amide bonds. The van der Waals surface area contributed by atoms with Crippen LogP contribution in [-0.2, 0) is 11.2 Å². The van der Waals surface area contributed by atoms with Crippen molar-refractivity contribution < 1.29 is 18.3 Å². The summed E-state index contributed by atoms with van der Waals surface area (Å²) in [6.45, 7) is 5.10. The Hall–Kier alpha value is -1.85. The molecule has 128 valence electrons. The molecular formula is C17H24F2N2O2. The van der Waals surface area contributed by atoms with Crippen molar-refractivity contribution in [1.82, 2.24) is 9.97 Å². The van der Waals surface area contributed by atoms with Gasteiger partial charge in [-0.05, 0) is 25.8 Å². The molecule has 0 N–H and O–H groups in total. The molecule has 0 unspecified atom stereocenters. The Balaban J connectivity index is 2.53. The van der Waals surface area contributed by atoms with E-state index in [1.54, 1.807) is 6.92 Å². The number of esters is 1. The molecule has 1 heterocycles. The molecule has 0 aromatic carbocycles. The number of ether oxygens (including phenoxy) is 1. The van der Waals surface area contributed by atoms with Crippen molar-refractivity contribution in [2.45, 2.75) is 59.3 Å². The Morgan fingerprint density at radius 3 is 2.61 bits per heavy atom. The third kappa shape index (κ3) is 6.84. The van der Waals surface area contributed by atoms with Crippen LogP contribution >= 0.6 is 0 Å². The van der Waals surface area contributed by atoms with Gasteiger partial charge in [0.25, 0.3) is 6.08 Å². The third-order valence-corrected chi connectivity index (χ3v) is 3.54. The van der Waals surface area contributed by atoms with Crippen LogP contribution in [0.5, 0.6) is 0 Å². The van der Waals surface area contributed by atoms with Gasteiger partial charge in [-0.2, -0.15) is 8.78 Å². The highest BCUT2D eigenvalue weighted by molar-refractivity contribution is 5.90. The summed E-state index contributed by atoms with van der Waals surface area (Å²) in [6, 6.07) is 0. The summed E-state index contributed by atoms with van der Waals surface area (Å²) in [5.41, 5.74) is 0.761. The van der Waals surface area contributed by atoms with Gasteiger partial charge in [0, 0.05) is 19.0 Å². The number of unbranched alkanes of at least 4 members (excludes halogenated alkanes) is 3. The summed E-state index contributed by atoms with van der Waals surface area (Å²) in [7, 11) is 0. The fraction of sp³-hybridized carbons (Fsp3) is 0.588. The molecule has 0 bridgehead atoms. The van der Waals surface area contributed by atoms with Crippen LogP contribution < -0.4 is 0 Å². The molecule has 0 spiro atoms. The molecule has 0 fully saturated rings. The molecule has 1 rings (SSSR count). The highest BCUT2D eigenvalue weighted by Gasteiger charge is 2.13. The number of rotatable bonds is 9. The van der Waals surface area contributed by atoms with E-state index >= 15 is 0 Å². The zero-order valence-electron chi connectivity index (χ0n) is 14.0. The van der Waals surface area contributed by atoms with E-state index in [2.05, 4.69) is 16.9 Å². The Morgan fingerprint density at radius 2 is 2.00 bits per heavy atom. The maximum atomic E-state index is 12.3. The Bertz CT molecular complexity index is 556. The first-order valence-electron chi connectivity index (χ1n) is 7.96. The van der Waals surface area contributed by atoms with Crippen LogP contribution in [0.25, 0.3) is 0 Å². The second kappa shape index (κ2) is 10.0. The van der Waals surface area contributed by atoms with Crippen molar-refractivity contribution in [2.24, 2.45) is 0 Å².